The Morgan fingerprint density at radius 2 is 1.61 bits per heavy atom. The summed E-state index contributed by atoms with van der Waals surface area (Å²) in [4.78, 5) is 14.2. The van der Waals surface area contributed by atoms with Crippen LogP contribution in [0, 0.1) is 0 Å². The van der Waals surface area contributed by atoms with Crippen molar-refractivity contribution < 1.29 is 40.6 Å². The first-order valence-electron chi connectivity index (χ1n) is 4.54. The zero-order valence-corrected chi connectivity index (χ0v) is 8.83. The van der Waals surface area contributed by atoms with Crippen molar-refractivity contribution in [2.24, 2.45) is 0 Å². The first-order valence-corrected chi connectivity index (χ1v) is 4.54. The van der Waals surface area contributed by atoms with Gasteiger partial charge in [-0.3, -0.25) is 10.1 Å². The molecule has 0 amide bonds. The van der Waals surface area contributed by atoms with E-state index in [9.17, 15) is 15.1 Å². The molecule has 1 aromatic rings. The molecular formula is C9H11NO8. The van der Waals surface area contributed by atoms with E-state index in [4.69, 9.17) is 20.6 Å². The van der Waals surface area contributed by atoms with Crippen LogP contribution in [-0.4, -0.2) is 48.6 Å². The third-order valence-electron chi connectivity index (χ3n) is 2.14. The summed E-state index contributed by atoms with van der Waals surface area (Å²) < 4.78 is 0. The second kappa shape index (κ2) is 4.86. The van der Waals surface area contributed by atoms with Gasteiger partial charge in [0.25, 0.3) is 0 Å². The number of hydroxylamine groups is 1. The van der Waals surface area contributed by atoms with E-state index < -0.39 is 17.7 Å². The van der Waals surface area contributed by atoms with Crippen LogP contribution in [0.4, 0.5) is 5.69 Å². The standard InChI is InChI=1S/C9H11NO8/c11-7(18-17)8(12,9(13,14)15)10(16)6-4-2-1-3-5-6/h1-5,12-17H/t8-/m0/s1. The molecule has 0 saturated heterocycles. The van der Waals surface area contributed by atoms with Crippen LogP contribution in [0.3, 0.4) is 0 Å². The van der Waals surface area contributed by atoms with Crippen LogP contribution in [0.15, 0.2) is 30.3 Å². The molecule has 18 heavy (non-hydrogen) atoms. The maximum absolute atomic E-state index is 11.1. The Bertz CT molecular complexity index is 416. The Labute approximate surface area is 100 Å². The molecule has 0 heterocycles. The van der Waals surface area contributed by atoms with Gasteiger partial charge < -0.3 is 20.4 Å². The molecule has 0 aliphatic carbocycles. The largest absolute Gasteiger partial charge is 0.405 e. The van der Waals surface area contributed by atoms with Gasteiger partial charge in [-0.2, -0.15) is 5.26 Å². The quantitative estimate of drug-likeness (QED) is 0.210. The van der Waals surface area contributed by atoms with Crippen LogP contribution in [0.5, 0.6) is 0 Å². The van der Waals surface area contributed by atoms with E-state index in [2.05, 4.69) is 4.89 Å². The summed E-state index contributed by atoms with van der Waals surface area (Å²) in [5, 5.41) is 53.7. The predicted molar refractivity (Wildman–Crippen MR) is 53.8 cm³/mol. The fraction of sp³-hybridized carbons (Fsp3) is 0.222. The molecule has 100 valence electrons. The molecule has 9 nitrogen and oxygen atoms in total. The van der Waals surface area contributed by atoms with Crippen LogP contribution in [-0.2, 0) is 9.68 Å². The lowest BCUT2D eigenvalue weighted by Crippen LogP contribution is -2.69. The topological polar surface area (TPSA) is 151 Å². The molecule has 0 bridgehead atoms. The lowest BCUT2D eigenvalue weighted by molar-refractivity contribution is -0.398. The summed E-state index contributed by atoms with van der Waals surface area (Å²) in [6, 6.07) is 6.64. The van der Waals surface area contributed by atoms with E-state index in [0.29, 0.717) is 0 Å². The van der Waals surface area contributed by atoms with Crippen molar-refractivity contribution in [3.63, 3.8) is 0 Å². The number of nitrogens with zero attached hydrogens (tertiary/aromatic N) is 1. The second-order valence-corrected chi connectivity index (χ2v) is 3.33. The van der Waals surface area contributed by atoms with Crippen LogP contribution in [0.25, 0.3) is 0 Å². The first kappa shape index (κ1) is 14.3. The van der Waals surface area contributed by atoms with E-state index in [1.165, 1.54) is 30.3 Å². The summed E-state index contributed by atoms with van der Waals surface area (Å²) in [5.74, 6) is -6.21. The third kappa shape index (κ3) is 2.26. The van der Waals surface area contributed by atoms with Gasteiger partial charge in [-0.1, -0.05) is 18.2 Å². The smallest absolute Gasteiger partial charge is 0.354 e. The molecule has 0 fully saturated rings. The van der Waals surface area contributed by atoms with Crippen LogP contribution >= 0.6 is 0 Å². The molecule has 1 rings (SSSR count). The van der Waals surface area contributed by atoms with Crippen molar-refractivity contribution in [2.75, 3.05) is 5.06 Å². The Balaban J connectivity index is 3.25. The fourth-order valence-corrected chi connectivity index (χ4v) is 1.19. The number of aliphatic hydroxyl groups is 4. The highest BCUT2D eigenvalue weighted by Gasteiger charge is 2.61. The van der Waals surface area contributed by atoms with Crippen LogP contribution < -0.4 is 5.06 Å². The minimum absolute atomic E-state index is 0.285. The monoisotopic (exact) mass is 261 g/mol. The molecule has 1 aromatic carbocycles. The Kier molecular flexibility index (Phi) is 3.86. The van der Waals surface area contributed by atoms with Gasteiger partial charge >= 0.3 is 17.7 Å². The van der Waals surface area contributed by atoms with E-state index in [0.717, 1.165) is 0 Å². The molecule has 0 aliphatic heterocycles. The minimum atomic E-state index is -4.10. The van der Waals surface area contributed by atoms with Crippen molar-refractivity contribution in [1.82, 2.24) is 0 Å². The van der Waals surface area contributed by atoms with Crippen molar-refractivity contribution in [2.45, 2.75) is 11.7 Å². The maximum atomic E-state index is 11.1. The van der Waals surface area contributed by atoms with Crippen LogP contribution in [0.2, 0.25) is 0 Å². The molecule has 0 aliphatic rings. The summed E-state index contributed by atoms with van der Waals surface area (Å²) in [6.45, 7) is 0. The predicted octanol–water partition coefficient (Wildman–Crippen LogP) is -1.78. The van der Waals surface area contributed by atoms with Crippen molar-refractivity contribution in [3.05, 3.63) is 30.3 Å². The number of hydrogen-bond donors (Lipinski definition) is 6. The molecular weight excluding hydrogens is 250 g/mol. The average molecular weight is 261 g/mol. The SMILES string of the molecule is O=C(OO)[C@@](O)(N(O)c1ccccc1)C(O)(O)O. The number of anilines is 1. The number of carbonyl (C=O) groups is 1. The molecule has 1 atom stereocenters. The highest BCUT2D eigenvalue weighted by molar-refractivity contribution is 5.83. The van der Waals surface area contributed by atoms with E-state index in [1.807, 2.05) is 0 Å². The van der Waals surface area contributed by atoms with Gasteiger partial charge in [0, 0.05) is 0 Å². The highest BCUT2D eigenvalue weighted by atomic mass is 17.1. The van der Waals surface area contributed by atoms with Gasteiger partial charge in [0.2, 0.25) is 0 Å². The summed E-state index contributed by atoms with van der Waals surface area (Å²) >= 11 is 0. The second-order valence-electron chi connectivity index (χ2n) is 3.33. The van der Waals surface area contributed by atoms with Gasteiger partial charge in [0.05, 0.1) is 5.69 Å². The maximum Gasteiger partial charge on any atom is 0.405 e. The fourth-order valence-electron chi connectivity index (χ4n) is 1.19. The molecule has 0 radical (unpaired) electrons. The Morgan fingerprint density at radius 3 is 2.00 bits per heavy atom. The van der Waals surface area contributed by atoms with Gasteiger partial charge in [0.1, 0.15) is 0 Å². The Hall–Kier alpha value is -1.75. The number of hydrogen-bond acceptors (Lipinski definition) is 9. The molecule has 0 spiro atoms. The molecule has 0 unspecified atom stereocenters. The normalized spacial score (nSPS) is 14.8. The zero-order chi connectivity index (χ0) is 14.0. The van der Waals surface area contributed by atoms with Gasteiger partial charge in [-0.05, 0) is 12.1 Å². The lowest BCUT2D eigenvalue weighted by atomic mass is 10.1. The molecule has 0 aromatic heterocycles. The van der Waals surface area contributed by atoms with Gasteiger partial charge in [-0.25, -0.2) is 9.86 Å². The average Bonchev–Trinajstić information content (AvgIpc) is 2.35. The molecule has 9 heteroatoms. The van der Waals surface area contributed by atoms with Crippen LogP contribution in [0.1, 0.15) is 0 Å². The number of carbonyl (C=O) groups excluding carboxylic acids is 1. The van der Waals surface area contributed by atoms with E-state index in [1.54, 1.807) is 0 Å². The number of rotatable bonds is 4. The zero-order valence-electron chi connectivity index (χ0n) is 8.83. The Morgan fingerprint density at radius 1 is 1.11 bits per heavy atom. The van der Waals surface area contributed by atoms with E-state index in [-0.39, 0.29) is 10.8 Å². The summed E-state index contributed by atoms with van der Waals surface area (Å²) in [7, 11) is 0. The molecule has 6 N–H and O–H groups in total. The lowest BCUT2D eigenvalue weighted by Gasteiger charge is -2.37. The van der Waals surface area contributed by atoms with Crippen molar-refractivity contribution in [1.29, 1.82) is 0 Å². The van der Waals surface area contributed by atoms with Crippen molar-refractivity contribution in [3.8, 4) is 0 Å². The summed E-state index contributed by atoms with van der Waals surface area (Å²) in [6.07, 6.45) is 0. The highest BCUT2D eigenvalue weighted by Crippen LogP contribution is 2.28. The summed E-state index contributed by atoms with van der Waals surface area (Å²) in [5.41, 5.74) is -4.03. The van der Waals surface area contributed by atoms with Gasteiger partial charge in [-0.15, -0.1) is 0 Å². The first-order chi connectivity index (χ1) is 8.25. The third-order valence-corrected chi connectivity index (χ3v) is 2.14. The van der Waals surface area contributed by atoms with Gasteiger partial charge in [0.15, 0.2) is 0 Å². The number of para-hydroxylation sites is 1. The van der Waals surface area contributed by atoms with E-state index >= 15 is 0 Å². The molecule has 0 saturated carbocycles. The minimum Gasteiger partial charge on any atom is -0.354 e. The van der Waals surface area contributed by atoms with Crippen molar-refractivity contribution >= 4 is 11.7 Å². The number of benzene rings is 1.